The van der Waals surface area contributed by atoms with Gasteiger partial charge in [-0.2, -0.15) is 0 Å². The molecule has 0 fully saturated rings. The average molecular weight is 286 g/mol. The van der Waals surface area contributed by atoms with Gasteiger partial charge in [-0.1, -0.05) is 0 Å². The summed E-state index contributed by atoms with van der Waals surface area (Å²) in [6, 6.07) is 0.847. The Morgan fingerprint density at radius 2 is 1.68 bits per heavy atom. The largest absolute Gasteiger partial charge is 0.500 e. The summed E-state index contributed by atoms with van der Waals surface area (Å²) in [7, 11) is -2.48. The molecule has 0 saturated heterocycles. The van der Waals surface area contributed by atoms with Crippen LogP contribution in [0.3, 0.4) is 0 Å². The minimum atomic E-state index is -2.48. The Kier molecular flexibility index (Phi) is 7.30. The molecule has 5 nitrogen and oxygen atoms in total. The summed E-state index contributed by atoms with van der Waals surface area (Å²) in [5.74, 6) is 1.04. The van der Waals surface area contributed by atoms with E-state index in [-0.39, 0.29) is 0 Å². The molecule has 1 aromatic rings. The third-order valence-electron chi connectivity index (χ3n) is 2.90. The fourth-order valence-corrected chi connectivity index (χ4v) is 4.70. The van der Waals surface area contributed by atoms with Crippen LogP contribution in [0.25, 0.3) is 0 Å². The summed E-state index contributed by atoms with van der Waals surface area (Å²) in [4.78, 5) is 4.22. The van der Waals surface area contributed by atoms with E-state index in [0.29, 0.717) is 19.8 Å². The summed E-state index contributed by atoms with van der Waals surface area (Å²) in [5.41, 5.74) is 0. The molecule has 6 heteroatoms. The molecular weight excluding hydrogens is 260 g/mol. The topological polar surface area (TPSA) is 45.5 Å². The van der Waals surface area contributed by atoms with E-state index in [1.54, 1.807) is 0 Å². The van der Waals surface area contributed by atoms with Crippen LogP contribution in [0.5, 0.6) is 0 Å². The van der Waals surface area contributed by atoms with Crippen molar-refractivity contribution in [2.24, 2.45) is 0 Å². The first kappa shape index (κ1) is 16.4. The minimum Gasteiger partial charge on any atom is -0.374 e. The maximum Gasteiger partial charge on any atom is 0.500 e. The molecule has 0 N–H and O–H groups in total. The molecule has 0 aliphatic heterocycles. The van der Waals surface area contributed by atoms with E-state index in [9.17, 15) is 0 Å². The van der Waals surface area contributed by atoms with Gasteiger partial charge < -0.3 is 17.8 Å². The summed E-state index contributed by atoms with van der Waals surface area (Å²) in [6.45, 7) is 10.8. The molecule has 0 spiro atoms. The Labute approximate surface area is 117 Å². The molecule has 0 unspecified atom stereocenters. The van der Waals surface area contributed by atoms with Crippen LogP contribution in [0.1, 0.15) is 33.0 Å². The monoisotopic (exact) mass is 286 g/mol. The third kappa shape index (κ3) is 5.06. The van der Waals surface area contributed by atoms with Gasteiger partial charge >= 0.3 is 8.80 Å². The van der Waals surface area contributed by atoms with Gasteiger partial charge in [0.15, 0.2) is 0 Å². The third-order valence-corrected chi connectivity index (χ3v) is 6.05. The Morgan fingerprint density at radius 3 is 2.11 bits per heavy atom. The summed E-state index contributed by atoms with van der Waals surface area (Å²) in [6.07, 6.45) is 4.80. The maximum atomic E-state index is 5.83. The van der Waals surface area contributed by atoms with Gasteiger partial charge in [-0.25, -0.2) is 4.98 Å². The lowest BCUT2D eigenvalue weighted by Gasteiger charge is -2.28. The van der Waals surface area contributed by atoms with Crippen LogP contribution in [0.15, 0.2) is 12.4 Å². The molecule has 1 heterocycles. The van der Waals surface area contributed by atoms with Crippen molar-refractivity contribution in [2.75, 3.05) is 19.8 Å². The van der Waals surface area contributed by atoms with Crippen molar-refractivity contribution in [3.8, 4) is 0 Å². The summed E-state index contributed by atoms with van der Waals surface area (Å²) in [5, 5.41) is 0. The van der Waals surface area contributed by atoms with Crippen molar-refractivity contribution in [1.82, 2.24) is 9.55 Å². The predicted molar refractivity (Wildman–Crippen MR) is 77.0 cm³/mol. The van der Waals surface area contributed by atoms with Gasteiger partial charge in [-0.05, 0) is 34.1 Å². The molecule has 0 aliphatic rings. The second kappa shape index (κ2) is 8.47. The van der Waals surface area contributed by atoms with E-state index in [4.69, 9.17) is 13.3 Å². The standard InChI is InChI=1S/C13H26N2O3Si/c1-5-16-19(17-6-2,18-7-3)12-8-10-15-11-9-14-13(15)4/h9,11H,5-8,10,12H2,1-4H3. The van der Waals surface area contributed by atoms with Crippen LogP contribution in [-0.2, 0) is 19.8 Å². The molecule has 0 atom stereocenters. The Hall–Kier alpha value is -0.693. The molecule has 19 heavy (non-hydrogen) atoms. The van der Waals surface area contributed by atoms with Crippen LogP contribution in [0.2, 0.25) is 6.04 Å². The molecule has 1 aromatic heterocycles. The van der Waals surface area contributed by atoms with E-state index in [0.717, 1.165) is 24.8 Å². The van der Waals surface area contributed by atoms with Crippen molar-refractivity contribution in [2.45, 2.75) is 46.7 Å². The Balaban J connectivity index is 2.53. The van der Waals surface area contributed by atoms with Crippen LogP contribution >= 0.6 is 0 Å². The van der Waals surface area contributed by atoms with Gasteiger partial charge in [-0.15, -0.1) is 0 Å². The smallest absolute Gasteiger partial charge is 0.374 e. The van der Waals surface area contributed by atoms with E-state index >= 15 is 0 Å². The Bertz CT molecular complexity index is 340. The number of hydrogen-bond acceptors (Lipinski definition) is 4. The highest BCUT2D eigenvalue weighted by atomic mass is 28.4. The van der Waals surface area contributed by atoms with Crippen molar-refractivity contribution in [3.63, 3.8) is 0 Å². The van der Waals surface area contributed by atoms with Crippen molar-refractivity contribution >= 4 is 8.80 Å². The second-order valence-electron chi connectivity index (χ2n) is 4.25. The Morgan fingerprint density at radius 1 is 1.11 bits per heavy atom. The fourth-order valence-electron chi connectivity index (χ4n) is 2.11. The molecule has 0 bridgehead atoms. The molecule has 0 amide bonds. The predicted octanol–water partition coefficient (Wildman–Crippen LogP) is 2.63. The molecule has 0 radical (unpaired) electrons. The quantitative estimate of drug-likeness (QED) is 0.620. The van der Waals surface area contributed by atoms with E-state index in [1.807, 2.05) is 40.1 Å². The van der Waals surface area contributed by atoms with Crippen molar-refractivity contribution in [1.29, 1.82) is 0 Å². The zero-order chi connectivity index (χ0) is 14.1. The molecule has 0 saturated carbocycles. The van der Waals surface area contributed by atoms with E-state index in [1.165, 1.54) is 0 Å². The molecule has 0 aliphatic carbocycles. The highest BCUT2D eigenvalue weighted by Crippen LogP contribution is 2.19. The number of aryl methyl sites for hydroxylation is 2. The van der Waals surface area contributed by atoms with E-state index < -0.39 is 8.80 Å². The van der Waals surface area contributed by atoms with Gasteiger partial charge in [0.05, 0.1) is 0 Å². The first-order valence-electron chi connectivity index (χ1n) is 7.07. The first-order valence-corrected chi connectivity index (χ1v) is 9.00. The molecule has 110 valence electrons. The van der Waals surface area contributed by atoms with Crippen molar-refractivity contribution in [3.05, 3.63) is 18.2 Å². The van der Waals surface area contributed by atoms with E-state index in [2.05, 4.69) is 9.55 Å². The number of rotatable bonds is 10. The lowest BCUT2D eigenvalue weighted by atomic mass is 10.4. The summed E-state index contributed by atoms with van der Waals surface area (Å²) < 4.78 is 19.6. The number of hydrogen-bond donors (Lipinski definition) is 0. The van der Waals surface area contributed by atoms with Crippen LogP contribution in [0.4, 0.5) is 0 Å². The second-order valence-corrected chi connectivity index (χ2v) is 6.99. The normalized spacial score (nSPS) is 12.0. The van der Waals surface area contributed by atoms with Crippen LogP contribution in [-0.4, -0.2) is 38.2 Å². The average Bonchev–Trinajstić information content (AvgIpc) is 2.76. The summed E-state index contributed by atoms with van der Waals surface area (Å²) >= 11 is 0. The number of imidazole rings is 1. The van der Waals surface area contributed by atoms with Gasteiger partial charge in [0.25, 0.3) is 0 Å². The zero-order valence-electron chi connectivity index (χ0n) is 12.5. The lowest BCUT2D eigenvalue weighted by Crippen LogP contribution is -2.46. The van der Waals surface area contributed by atoms with Crippen LogP contribution < -0.4 is 0 Å². The zero-order valence-corrected chi connectivity index (χ0v) is 13.5. The highest BCUT2D eigenvalue weighted by Gasteiger charge is 2.39. The SMILES string of the molecule is CCO[Si](CCCn1ccnc1C)(OCC)OCC. The van der Waals surface area contributed by atoms with Gasteiger partial charge in [-0.3, -0.25) is 0 Å². The van der Waals surface area contributed by atoms with Gasteiger partial charge in [0.1, 0.15) is 5.82 Å². The highest BCUT2D eigenvalue weighted by molar-refractivity contribution is 6.60. The number of nitrogens with zero attached hydrogens (tertiary/aromatic N) is 2. The number of aromatic nitrogens is 2. The van der Waals surface area contributed by atoms with Crippen molar-refractivity contribution < 1.29 is 13.3 Å². The lowest BCUT2D eigenvalue weighted by molar-refractivity contribution is 0.0705. The maximum absolute atomic E-state index is 5.83. The van der Waals surface area contributed by atoms with Crippen LogP contribution in [0, 0.1) is 6.92 Å². The fraction of sp³-hybridized carbons (Fsp3) is 0.769. The first-order chi connectivity index (χ1) is 9.17. The minimum absolute atomic E-state index is 0.635. The van der Waals surface area contributed by atoms with Gasteiger partial charge in [0, 0.05) is 44.8 Å². The molecule has 1 rings (SSSR count). The molecular formula is C13H26N2O3Si. The van der Waals surface area contributed by atoms with Gasteiger partial charge in [0.2, 0.25) is 0 Å². The molecule has 0 aromatic carbocycles.